The number of ether oxygens (including phenoxy) is 1. The molecule has 0 bridgehead atoms. The van der Waals surface area contributed by atoms with Crippen molar-refractivity contribution in [3.8, 4) is 11.5 Å². The highest BCUT2D eigenvalue weighted by molar-refractivity contribution is 5.92. The molecular weight excluding hydrogens is 444 g/mol. The molecule has 7 nitrogen and oxygen atoms in total. The van der Waals surface area contributed by atoms with E-state index in [1.807, 2.05) is 0 Å². The lowest BCUT2D eigenvalue weighted by molar-refractivity contribution is -0.137. The number of carbonyl (C=O) groups excluding carboxylic acids is 2. The fraction of sp³-hybridized carbons (Fsp3) is 0.136. The zero-order valence-electron chi connectivity index (χ0n) is 17.2. The van der Waals surface area contributed by atoms with E-state index < -0.39 is 29.3 Å². The molecule has 3 amide bonds. The molecule has 0 aliphatic heterocycles. The van der Waals surface area contributed by atoms with Crippen LogP contribution in [-0.2, 0) is 12.7 Å². The fourth-order valence-electron chi connectivity index (χ4n) is 2.68. The van der Waals surface area contributed by atoms with E-state index in [1.165, 1.54) is 19.3 Å². The predicted molar refractivity (Wildman–Crippen MR) is 111 cm³/mol. The Labute approximate surface area is 185 Å². The maximum absolute atomic E-state index is 13.7. The summed E-state index contributed by atoms with van der Waals surface area (Å²) in [6.07, 6.45) is -3.23. The Bertz CT molecular complexity index is 1150. The van der Waals surface area contributed by atoms with Crippen LogP contribution in [0.5, 0.6) is 11.5 Å². The van der Waals surface area contributed by atoms with E-state index in [-0.39, 0.29) is 18.1 Å². The van der Waals surface area contributed by atoms with Gasteiger partial charge in [-0.25, -0.2) is 9.18 Å². The topological polar surface area (TPSA) is 92.4 Å². The third-order valence-corrected chi connectivity index (χ3v) is 4.35. The molecule has 33 heavy (non-hydrogen) atoms. The smallest absolute Gasteiger partial charge is 0.416 e. The summed E-state index contributed by atoms with van der Waals surface area (Å²) in [6.45, 7) is 0.0305. The highest BCUT2D eigenvalue weighted by Crippen LogP contribution is 2.31. The average Bonchev–Trinajstić information content (AvgIpc) is 2.79. The van der Waals surface area contributed by atoms with Crippen LogP contribution in [0.15, 0.2) is 60.8 Å². The first-order valence-corrected chi connectivity index (χ1v) is 9.52. The van der Waals surface area contributed by atoms with Crippen LogP contribution < -0.4 is 20.7 Å². The highest BCUT2D eigenvalue weighted by Gasteiger charge is 2.31. The van der Waals surface area contributed by atoms with Crippen LogP contribution in [0.2, 0.25) is 0 Å². The maximum atomic E-state index is 13.7. The van der Waals surface area contributed by atoms with Gasteiger partial charge in [0.15, 0.2) is 0 Å². The van der Waals surface area contributed by atoms with Crippen molar-refractivity contribution in [3.05, 3.63) is 83.4 Å². The third kappa shape index (κ3) is 6.42. The lowest BCUT2D eigenvalue weighted by atomic mass is 10.2. The molecule has 1 heterocycles. The van der Waals surface area contributed by atoms with Gasteiger partial charge in [-0.15, -0.1) is 0 Å². The van der Waals surface area contributed by atoms with E-state index in [2.05, 4.69) is 20.9 Å². The lowest BCUT2D eigenvalue weighted by Gasteiger charge is -2.12. The molecule has 3 aromatic rings. The number of rotatable bonds is 6. The van der Waals surface area contributed by atoms with Crippen molar-refractivity contribution in [2.24, 2.45) is 0 Å². The standard InChI is InChI=1S/C22H18F4N4O3/c1-27-20(31)19-11-16(8-9-28-19)33-15-5-2-13(3-6-15)12-29-21(32)30-18-10-14(22(24,25)26)4-7-17(18)23/h2-11H,12H2,1H3,(H,27,31)(H2,29,30,32). The van der Waals surface area contributed by atoms with Gasteiger partial charge >= 0.3 is 12.2 Å². The first kappa shape index (κ1) is 23.5. The monoisotopic (exact) mass is 462 g/mol. The lowest BCUT2D eigenvalue weighted by Crippen LogP contribution is -2.28. The SMILES string of the molecule is CNC(=O)c1cc(Oc2ccc(CNC(=O)Nc3cc(C(F)(F)F)ccc3F)cc2)ccn1. The summed E-state index contributed by atoms with van der Waals surface area (Å²) in [7, 11) is 1.49. The molecule has 1 aromatic heterocycles. The Morgan fingerprint density at radius 1 is 1.00 bits per heavy atom. The Morgan fingerprint density at radius 3 is 2.39 bits per heavy atom. The second-order valence-corrected chi connectivity index (χ2v) is 6.70. The summed E-state index contributed by atoms with van der Waals surface area (Å²) >= 11 is 0. The van der Waals surface area contributed by atoms with Gasteiger partial charge < -0.3 is 20.7 Å². The molecular formula is C22H18F4N4O3. The number of alkyl halides is 3. The molecule has 3 N–H and O–H groups in total. The zero-order chi connectivity index (χ0) is 24.0. The van der Waals surface area contributed by atoms with E-state index in [1.54, 1.807) is 30.3 Å². The van der Waals surface area contributed by atoms with E-state index >= 15 is 0 Å². The minimum Gasteiger partial charge on any atom is -0.457 e. The number of aromatic nitrogens is 1. The number of urea groups is 1. The van der Waals surface area contributed by atoms with E-state index in [9.17, 15) is 27.2 Å². The number of amides is 3. The summed E-state index contributed by atoms with van der Waals surface area (Å²) in [5, 5.41) is 6.97. The summed E-state index contributed by atoms with van der Waals surface area (Å²) in [6, 6.07) is 10.5. The number of hydrogen-bond acceptors (Lipinski definition) is 4. The summed E-state index contributed by atoms with van der Waals surface area (Å²) in [4.78, 5) is 27.6. The van der Waals surface area contributed by atoms with Crippen LogP contribution in [0.1, 0.15) is 21.6 Å². The maximum Gasteiger partial charge on any atom is 0.416 e. The third-order valence-electron chi connectivity index (χ3n) is 4.35. The van der Waals surface area contributed by atoms with Crippen LogP contribution in [0.4, 0.5) is 28.0 Å². The van der Waals surface area contributed by atoms with Gasteiger partial charge in [-0.3, -0.25) is 9.78 Å². The van der Waals surface area contributed by atoms with Gasteiger partial charge in [0, 0.05) is 25.9 Å². The molecule has 3 rings (SSSR count). The summed E-state index contributed by atoms with van der Waals surface area (Å²) in [5.74, 6) is -0.485. The molecule has 0 aliphatic carbocycles. The quantitative estimate of drug-likeness (QED) is 0.463. The first-order valence-electron chi connectivity index (χ1n) is 9.52. The fourth-order valence-corrected chi connectivity index (χ4v) is 2.68. The van der Waals surface area contributed by atoms with Crippen molar-refractivity contribution in [3.63, 3.8) is 0 Å². The van der Waals surface area contributed by atoms with Gasteiger partial charge in [0.2, 0.25) is 0 Å². The molecule has 0 radical (unpaired) electrons. The molecule has 0 saturated heterocycles. The van der Waals surface area contributed by atoms with Crippen LogP contribution in [0, 0.1) is 5.82 Å². The van der Waals surface area contributed by atoms with Crippen LogP contribution in [0.3, 0.4) is 0 Å². The Kier molecular flexibility index (Phi) is 7.11. The number of carbonyl (C=O) groups is 2. The van der Waals surface area contributed by atoms with Crippen LogP contribution >= 0.6 is 0 Å². The van der Waals surface area contributed by atoms with E-state index in [0.29, 0.717) is 35.3 Å². The van der Waals surface area contributed by atoms with Crippen LogP contribution in [-0.4, -0.2) is 24.0 Å². The van der Waals surface area contributed by atoms with Crippen LogP contribution in [0.25, 0.3) is 0 Å². The Hall–Kier alpha value is -4.15. The molecule has 0 aliphatic rings. The number of hydrogen-bond donors (Lipinski definition) is 3. The number of halogens is 4. The second-order valence-electron chi connectivity index (χ2n) is 6.70. The van der Waals surface area contributed by atoms with Gasteiger partial charge in [-0.1, -0.05) is 12.1 Å². The van der Waals surface area contributed by atoms with Crippen molar-refractivity contribution in [2.75, 3.05) is 12.4 Å². The highest BCUT2D eigenvalue weighted by atomic mass is 19.4. The Morgan fingerprint density at radius 2 is 1.73 bits per heavy atom. The molecule has 172 valence electrons. The summed E-state index contributed by atoms with van der Waals surface area (Å²) < 4.78 is 57.7. The number of anilines is 1. The van der Waals surface area contributed by atoms with Gasteiger partial charge in [-0.2, -0.15) is 13.2 Å². The average molecular weight is 462 g/mol. The number of benzene rings is 2. The minimum absolute atomic E-state index is 0.0305. The van der Waals surface area contributed by atoms with Gasteiger partial charge in [0.05, 0.1) is 11.3 Å². The molecule has 0 atom stereocenters. The van der Waals surface area contributed by atoms with Crippen molar-refractivity contribution in [1.29, 1.82) is 0 Å². The molecule has 11 heteroatoms. The molecule has 0 unspecified atom stereocenters. The molecule has 0 saturated carbocycles. The normalized spacial score (nSPS) is 10.9. The van der Waals surface area contributed by atoms with Gasteiger partial charge in [-0.05, 0) is 42.0 Å². The zero-order valence-corrected chi connectivity index (χ0v) is 17.2. The largest absolute Gasteiger partial charge is 0.457 e. The molecule has 0 spiro atoms. The van der Waals surface area contributed by atoms with Crippen molar-refractivity contribution >= 4 is 17.6 Å². The van der Waals surface area contributed by atoms with Crippen molar-refractivity contribution < 1.29 is 31.9 Å². The Balaban J connectivity index is 1.57. The summed E-state index contributed by atoms with van der Waals surface area (Å²) in [5.41, 5.74) is -0.812. The first-order chi connectivity index (χ1) is 15.7. The van der Waals surface area contributed by atoms with Crippen molar-refractivity contribution in [1.82, 2.24) is 15.6 Å². The second kappa shape index (κ2) is 9.98. The molecule has 0 fully saturated rings. The minimum atomic E-state index is -4.66. The van der Waals surface area contributed by atoms with Gasteiger partial charge in [0.1, 0.15) is 23.0 Å². The number of nitrogens with one attached hydrogen (secondary N) is 3. The number of nitrogens with zero attached hydrogens (tertiary/aromatic N) is 1. The number of pyridine rings is 1. The van der Waals surface area contributed by atoms with E-state index in [0.717, 1.165) is 0 Å². The van der Waals surface area contributed by atoms with E-state index in [4.69, 9.17) is 4.74 Å². The predicted octanol–water partition coefficient (Wildman–Crippen LogP) is 4.71. The van der Waals surface area contributed by atoms with Crippen molar-refractivity contribution in [2.45, 2.75) is 12.7 Å². The van der Waals surface area contributed by atoms with Gasteiger partial charge in [0.25, 0.3) is 5.91 Å². The molecule has 2 aromatic carbocycles.